The average Bonchev–Trinajstić information content (AvgIpc) is 3.12. The predicted octanol–water partition coefficient (Wildman–Crippen LogP) is 0.858. The Bertz CT molecular complexity index is 253. The summed E-state index contributed by atoms with van der Waals surface area (Å²) in [7, 11) is 0. The Labute approximate surface area is 104 Å². The van der Waals surface area contributed by atoms with Crippen LogP contribution in [0.4, 0.5) is 0 Å². The topological polar surface area (TPSA) is 58.4 Å². The third-order valence-corrected chi connectivity index (χ3v) is 3.84. The van der Waals surface area contributed by atoms with Crippen LogP contribution in [0.15, 0.2) is 0 Å². The molecule has 1 unspecified atom stereocenters. The van der Waals surface area contributed by atoms with Crippen LogP contribution in [-0.4, -0.2) is 42.5 Å². The maximum Gasteiger partial charge on any atom is 0.221 e. The number of carbonyl (C=O) groups excluding carboxylic acids is 1. The molecule has 1 aliphatic carbocycles. The lowest BCUT2D eigenvalue weighted by molar-refractivity contribution is -0.121. The molecule has 0 bridgehead atoms. The van der Waals surface area contributed by atoms with Gasteiger partial charge in [0.15, 0.2) is 0 Å². The first-order chi connectivity index (χ1) is 8.29. The van der Waals surface area contributed by atoms with Gasteiger partial charge in [0.1, 0.15) is 0 Å². The van der Waals surface area contributed by atoms with Crippen molar-refractivity contribution in [2.24, 2.45) is 5.73 Å². The van der Waals surface area contributed by atoms with E-state index in [9.17, 15) is 4.79 Å². The van der Waals surface area contributed by atoms with Crippen LogP contribution in [0.1, 0.15) is 44.9 Å². The molecule has 17 heavy (non-hydrogen) atoms. The van der Waals surface area contributed by atoms with Crippen LogP contribution < -0.4 is 11.1 Å². The number of nitrogens with one attached hydrogen (secondary N) is 1. The standard InChI is InChI=1S/C13H25N3O/c14-10-12-4-2-1-3-8-16(12)9-7-13(17)15-11-5-6-11/h11-12H,1-10,14H2,(H,15,17). The van der Waals surface area contributed by atoms with Crippen molar-refractivity contribution in [3.63, 3.8) is 0 Å². The fourth-order valence-electron chi connectivity index (χ4n) is 2.57. The van der Waals surface area contributed by atoms with Crippen LogP contribution in [0.5, 0.6) is 0 Å². The smallest absolute Gasteiger partial charge is 0.221 e. The second-order valence-corrected chi connectivity index (χ2v) is 5.37. The van der Waals surface area contributed by atoms with E-state index in [1.807, 2.05) is 0 Å². The number of nitrogens with zero attached hydrogens (tertiary/aromatic N) is 1. The summed E-state index contributed by atoms with van der Waals surface area (Å²) in [6.07, 6.45) is 8.00. The van der Waals surface area contributed by atoms with Gasteiger partial charge in [-0.25, -0.2) is 0 Å². The molecule has 1 amide bonds. The van der Waals surface area contributed by atoms with E-state index in [1.54, 1.807) is 0 Å². The Morgan fingerprint density at radius 3 is 2.76 bits per heavy atom. The molecule has 1 atom stereocenters. The summed E-state index contributed by atoms with van der Waals surface area (Å²) in [6, 6.07) is 0.975. The molecule has 1 aliphatic heterocycles. The zero-order chi connectivity index (χ0) is 12.1. The molecule has 0 spiro atoms. The van der Waals surface area contributed by atoms with Crippen LogP contribution in [0.3, 0.4) is 0 Å². The molecule has 0 radical (unpaired) electrons. The van der Waals surface area contributed by atoms with Gasteiger partial charge in [0.05, 0.1) is 0 Å². The quantitative estimate of drug-likeness (QED) is 0.748. The van der Waals surface area contributed by atoms with Gasteiger partial charge in [-0.1, -0.05) is 12.8 Å². The number of amides is 1. The highest BCUT2D eigenvalue weighted by molar-refractivity contribution is 5.76. The Balaban J connectivity index is 1.72. The summed E-state index contributed by atoms with van der Waals surface area (Å²) in [5, 5.41) is 3.05. The number of hydrogen-bond acceptors (Lipinski definition) is 3. The molecule has 98 valence electrons. The molecule has 0 aromatic carbocycles. The second kappa shape index (κ2) is 6.36. The molecule has 0 aromatic rings. The molecule has 3 N–H and O–H groups in total. The van der Waals surface area contributed by atoms with Gasteiger partial charge < -0.3 is 11.1 Å². The molecule has 4 heteroatoms. The molecule has 2 fully saturated rings. The largest absolute Gasteiger partial charge is 0.353 e. The van der Waals surface area contributed by atoms with Gasteiger partial charge in [-0.3, -0.25) is 9.69 Å². The lowest BCUT2D eigenvalue weighted by atomic mass is 10.1. The monoisotopic (exact) mass is 239 g/mol. The number of hydrogen-bond donors (Lipinski definition) is 2. The molecular weight excluding hydrogens is 214 g/mol. The lowest BCUT2D eigenvalue weighted by Crippen LogP contribution is -2.42. The number of carbonyl (C=O) groups is 1. The third-order valence-electron chi connectivity index (χ3n) is 3.84. The first kappa shape index (κ1) is 12.8. The molecule has 2 aliphatic rings. The van der Waals surface area contributed by atoms with Crippen LogP contribution in [0.25, 0.3) is 0 Å². The average molecular weight is 239 g/mol. The van der Waals surface area contributed by atoms with E-state index in [-0.39, 0.29) is 5.91 Å². The summed E-state index contributed by atoms with van der Waals surface area (Å²) >= 11 is 0. The van der Waals surface area contributed by atoms with Gasteiger partial charge in [0.2, 0.25) is 5.91 Å². The summed E-state index contributed by atoms with van der Waals surface area (Å²) in [5.74, 6) is 0.215. The van der Waals surface area contributed by atoms with Crippen molar-refractivity contribution < 1.29 is 4.79 Å². The molecule has 0 aromatic heterocycles. The fourth-order valence-corrected chi connectivity index (χ4v) is 2.57. The van der Waals surface area contributed by atoms with E-state index >= 15 is 0 Å². The summed E-state index contributed by atoms with van der Waals surface area (Å²) < 4.78 is 0. The van der Waals surface area contributed by atoms with Crippen molar-refractivity contribution in [2.45, 2.75) is 57.0 Å². The minimum absolute atomic E-state index is 0.215. The van der Waals surface area contributed by atoms with Crippen molar-refractivity contribution in [1.82, 2.24) is 10.2 Å². The van der Waals surface area contributed by atoms with E-state index in [1.165, 1.54) is 38.5 Å². The van der Waals surface area contributed by atoms with Crippen LogP contribution >= 0.6 is 0 Å². The predicted molar refractivity (Wildman–Crippen MR) is 68.7 cm³/mol. The maximum atomic E-state index is 11.6. The highest BCUT2D eigenvalue weighted by Gasteiger charge is 2.24. The van der Waals surface area contributed by atoms with Gasteiger partial charge in [-0.2, -0.15) is 0 Å². The third kappa shape index (κ3) is 4.28. The van der Waals surface area contributed by atoms with E-state index in [0.29, 0.717) is 18.5 Å². The molecular formula is C13H25N3O. The first-order valence-electron chi connectivity index (χ1n) is 7.03. The first-order valence-corrected chi connectivity index (χ1v) is 7.03. The summed E-state index contributed by atoms with van der Waals surface area (Å²) in [4.78, 5) is 14.1. The molecule has 2 rings (SSSR count). The number of likely N-dealkylation sites (tertiary alicyclic amines) is 1. The van der Waals surface area contributed by atoms with Gasteiger partial charge in [-0.05, 0) is 32.2 Å². The van der Waals surface area contributed by atoms with Crippen LogP contribution in [-0.2, 0) is 4.79 Å². The fraction of sp³-hybridized carbons (Fsp3) is 0.923. The van der Waals surface area contributed by atoms with Gasteiger partial charge in [0.25, 0.3) is 0 Å². The molecule has 1 heterocycles. The minimum atomic E-state index is 0.215. The highest BCUT2D eigenvalue weighted by Crippen LogP contribution is 2.19. The van der Waals surface area contributed by atoms with E-state index in [4.69, 9.17) is 5.73 Å². The number of nitrogens with two attached hydrogens (primary N) is 1. The summed E-state index contributed by atoms with van der Waals surface area (Å²) in [6.45, 7) is 2.71. The van der Waals surface area contributed by atoms with Crippen molar-refractivity contribution in [3.05, 3.63) is 0 Å². The maximum absolute atomic E-state index is 11.6. The van der Waals surface area contributed by atoms with E-state index in [0.717, 1.165) is 19.6 Å². The van der Waals surface area contributed by atoms with Crippen molar-refractivity contribution in [1.29, 1.82) is 0 Å². The van der Waals surface area contributed by atoms with Gasteiger partial charge >= 0.3 is 0 Å². The zero-order valence-corrected chi connectivity index (χ0v) is 10.7. The molecule has 1 saturated heterocycles. The van der Waals surface area contributed by atoms with Gasteiger partial charge in [-0.15, -0.1) is 0 Å². The minimum Gasteiger partial charge on any atom is -0.353 e. The zero-order valence-electron chi connectivity index (χ0n) is 10.7. The second-order valence-electron chi connectivity index (χ2n) is 5.37. The highest BCUT2D eigenvalue weighted by atomic mass is 16.1. The van der Waals surface area contributed by atoms with Gasteiger partial charge in [0, 0.05) is 31.6 Å². The van der Waals surface area contributed by atoms with Crippen molar-refractivity contribution in [3.8, 4) is 0 Å². The summed E-state index contributed by atoms with van der Waals surface area (Å²) in [5.41, 5.74) is 5.82. The molecule has 4 nitrogen and oxygen atoms in total. The molecule has 1 saturated carbocycles. The Morgan fingerprint density at radius 2 is 2.06 bits per heavy atom. The van der Waals surface area contributed by atoms with Crippen molar-refractivity contribution in [2.75, 3.05) is 19.6 Å². The van der Waals surface area contributed by atoms with Crippen LogP contribution in [0.2, 0.25) is 0 Å². The Kier molecular flexibility index (Phi) is 4.80. The van der Waals surface area contributed by atoms with E-state index in [2.05, 4.69) is 10.2 Å². The van der Waals surface area contributed by atoms with Crippen molar-refractivity contribution >= 4 is 5.91 Å². The normalized spacial score (nSPS) is 26.5. The Morgan fingerprint density at radius 1 is 1.24 bits per heavy atom. The SMILES string of the molecule is NCC1CCCCCN1CCC(=O)NC1CC1. The van der Waals surface area contributed by atoms with Crippen LogP contribution in [0, 0.1) is 0 Å². The van der Waals surface area contributed by atoms with E-state index < -0.39 is 0 Å². The lowest BCUT2D eigenvalue weighted by Gasteiger charge is -2.28. The Hall–Kier alpha value is -0.610. The number of rotatable bonds is 5.